The summed E-state index contributed by atoms with van der Waals surface area (Å²) in [5.74, 6) is -0.334. The minimum Gasteiger partial charge on any atom is -0.328 e. The molecule has 2 aromatic heterocycles. The van der Waals surface area contributed by atoms with Crippen molar-refractivity contribution in [2.45, 2.75) is 31.7 Å². The highest BCUT2D eigenvalue weighted by atomic mass is 32.1. The highest BCUT2D eigenvalue weighted by molar-refractivity contribution is 7.10. The van der Waals surface area contributed by atoms with Gasteiger partial charge in [-0.05, 0) is 42.5 Å². The molecule has 2 atom stereocenters. The van der Waals surface area contributed by atoms with Gasteiger partial charge in [0.05, 0.1) is 0 Å². The summed E-state index contributed by atoms with van der Waals surface area (Å²) in [4.78, 5) is 18.7. The van der Waals surface area contributed by atoms with E-state index in [4.69, 9.17) is 0 Å². The van der Waals surface area contributed by atoms with Crippen molar-refractivity contribution < 1.29 is 13.6 Å². The van der Waals surface area contributed by atoms with E-state index in [2.05, 4.69) is 15.4 Å². The predicted molar refractivity (Wildman–Crippen MR) is 101 cm³/mol. The molecule has 142 valence electrons. The lowest BCUT2D eigenvalue weighted by Gasteiger charge is -2.34. The van der Waals surface area contributed by atoms with Crippen LogP contribution in [0.15, 0.2) is 47.0 Å². The molecule has 5 rings (SSSR count). The Kier molecular flexibility index (Phi) is 3.90. The number of carbonyl (C=O) groups is 1. The number of rotatable bonds is 2. The molecule has 1 aliphatic carbocycles. The molecule has 28 heavy (non-hydrogen) atoms. The number of nitrogens with zero attached hydrogens (tertiary/aromatic N) is 3. The lowest BCUT2D eigenvalue weighted by atomic mass is 9.80. The molecular formula is C20H16F2N4OS. The normalized spacial score (nSPS) is 21.3. The maximum atomic E-state index is 13.9. The van der Waals surface area contributed by atoms with Crippen LogP contribution in [-0.4, -0.2) is 20.5 Å². The molecule has 1 aromatic carbocycles. The fourth-order valence-corrected chi connectivity index (χ4v) is 4.92. The van der Waals surface area contributed by atoms with Crippen LogP contribution < -0.4 is 5.32 Å². The van der Waals surface area contributed by atoms with E-state index in [9.17, 15) is 13.6 Å². The fourth-order valence-electron chi connectivity index (χ4n) is 4.08. The van der Waals surface area contributed by atoms with Gasteiger partial charge in [-0.25, -0.2) is 13.5 Å². The Bertz CT molecular complexity index is 1100. The number of anilines is 1. The van der Waals surface area contributed by atoms with Crippen LogP contribution in [0.5, 0.6) is 0 Å². The van der Waals surface area contributed by atoms with Crippen molar-refractivity contribution in [2.75, 3.05) is 5.32 Å². The zero-order valence-electron chi connectivity index (χ0n) is 14.9. The molecule has 0 saturated heterocycles. The van der Waals surface area contributed by atoms with Gasteiger partial charge in [-0.1, -0.05) is 6.07 Å². The van der Waals surface area contributed by atoms with Crippen molar-refractivity contribution in [1.82, 2.24) is 14.8 Å². The molecule has 0 fully saturated rings. The van der Waals surface area contributed by atoms with Crippen molar-refractivity contribution in [3.05, 3.63) is 74.9 Å². The number of nitrogens with one attached hydrogen (secondary N) is 1. The van der Waals surface area contributed by atoms with Crippen LogP contribution in [0.25, 0.3) is 0 Å². The topological polar surface area (TPSA) is 59.8 Å². The largest absolute Gasteiger partial charge is 0.328 e. The van der Waals surface area contributed by atoms with Crippen LogP contribution in [0, 0.1) is 18.6 Å². The van der Waals surface area contributed by atoms with Crippen LogP contribution in [-0.2, 0) is 4.79 Å². The van der Waals surface area contributed by atoms with Gasteiger partial charge < -0.3 is 5.32 Å². The summed E-state index contributed by atoms with van der Waals surface area (Å²) in [5.41, 5.74) is 1.61. The molecule has 0 unspecified atom stereocenters. The molecule has 1 aliphatic heterocycles. The summed E-state index contributed by atoms with van der Waals surface area (Å²) < 4.78 is 29.4. The molecule has 3 heterocycles. The Labute approximate surface area is 163 Å². The van der Waals surface area contributed by atoms with E-state index in [1.165, 1.54) is 12.1 Å². The van der Waals surface area contributed by atoms with Crippen LogP contribution >= 0.6 is 11.3 Å². The summed E-state index contributed by atoms with van der Waals surface area (Å²) in [6, 6.07) is 6.63. The maximum Gasteiger partial charge on any atom is 0.226 e. The number of ketones is 1. The first-order valence-electron chi connectivity index (χ1n) is 8.95. The first-order valence-corrected chi connectivity index (χ1v) is 9.83. The number of hydrogen-bond acceptors (Lipinski definition) is 5. The van der Waals surface area contributed by atoms with Gasteiger partial charge >= 0.3 is 0 Å². The number of aryl methyl sites for hydroxylation is 1. The summed E-state index contributed by atoms with van der Waals surface area (Å²) in [6.45, 7) is 1.74. The van der Waals surface area contributed by atoms with Gasteiger partial charge in [0.2, 0.25) is 5.95 Å². The monoisotopic (exact) mass is 398 g/mol. The minimum atomic E-state index is -0.700. The van der Waals surface area contributed by atoms with Crippen LogP contribution in [0.4, 0.5) is 14.7 Å². The lowest BCUT2D eigenvalue weighted by molar-refractivity contribution is -0.116. The third-order valence-electron chi connectivity index (χ3n) is 5.17. The van der Waals surface area contributed by atoms with Crippen molar-refractivity contribution in [1.29, 1.82) is 0 Å². The van der Waals surface area contributed by atoms with E-state index >= 15 is 0 Å². The first kappa shape index (κ1) is 17.2. The van der Waals surface area contributed by atoms with Gasteiger partial charge in [-0.15, -0.1) is 11.3 Å². The molecular weight excluding hydrogens is 382 g/mol. The SMILES string of the molecule is Cc1nc2n(n1)[C@H](c1cc(F)cc(F)c1)C1=C(C[C@@H](c3cccs3)CC1=O)N2. The molecule has 2 aliphatic rings. The quantitative estimate of drug-likeness (QED) is 0.698. The summed E-state index contributed by atoms with van der Waals surface area (Å²) in [6.07, 6.45) is 1.00. The van der Waals surface area contributed by atoms with E-state index in [1.807, 2.05) is 17.5 Å². The van der Waals surface area contributed by atoms with Crippen molar-refractivity contribution in [3.63, 3.8) is 0 Å². The number of fused-ring (bicyclic) bond motifs is 1. The average Bonchev–Trinajstić information content (AvgIpc) is 3.27. The Morgan fingerprint density at radius 2 is 2.00 bits per heavy atom. The van der Waals surface area contributed by atoms with Gasteiger partial charge in [0.15, 0.2) is 5.78 Å². The highest BCUT2D eigenvalue weighted by Gasteiger charge is 2.40. The van der Waals surface area contributed by atoms with Gasteiger partial charge in [0.25, 0.3) is 0 Å². The van der Waals surface area contributed by atoms with E-state index in [0.717, 1.165) is 16.6 Å². The Balaban J connectivity index is 1.66. The zero-order chi connectivity index (χ0) is 19.4. The molecule has 0 saturated carbocycles. The Morgan fingerprint density at radius 1 is 1.21 bits per heavy atom. The third kappa shape index (κ3) is 2.75. The molecule has 0 amide bonds. The number of halogens is 2. The number of Topliss-reactive ketones (excluding diaryl/α,β-unsaturated/α-hetero) is 1. The molecule has 8 heteroatoms. The van der Waals surface area contributed by atoms with Crippen LogP contribution in [0.2, 0.25) is 0 Å². The van der Waals surface area contributed by atoms with Gasteiger partial charge in [-0.3, -0.25) is 4.79 Å². The van der Waals surface area contributed by atoms with Gasteiger partial charge in [0, 0.05) is 34.6 Å². The van der Waals surface area contributed by atoms with Crippen molar-refractivity contribution >= 4 is 23.1 Å². The maximum absolute atomic E-state index is 13.9. The minimum absolute atomic E-state index is 0.0411. The molecule has 0 radical (unpaired) electrons. The van der Waals surface area contributed by atoms with E-state index in [1.54, 1.807) is 22.9 Å². The summed E-state index contributed by atoms with van der Waals surface area (Å²) >= 11 is 1.63. The first-order chi connectivity index (χ1) is 13.5. The second kappa shape index (κ2) is 6.34. The Morgan fingerprint density at radius 3 is 2.71 bits per heavy atom. The summed E-state index contributed by atoms with van der Waals surface area (Å²) in [5, 5.41) is 9.61. The lowest BCUT2D eigenvalue weighted by Crippen LogP contribution is -2.33. The molecule has 1 N–H and O–H groups in total. The Hall–Kier alpha value is -2.87. The fraction of sp³-hybridized carbons (Fsp3) is 0.250. The second-order valence-corrected chi connectivity index (χ2v) is 8.07. The number of thiophene rings is 1. The standard InChI is InChI=1S/C20H16F2N4OS/c1-10-23-20-24-15-7-11(17-3-2-4-28-17)8-16(27)18(15)19(26(20)25-10)12-5-13(21)9-14(22)6-12/h2-6,9,11,19H,7-8H2,1H3,(H,23,24,25)/t11-,19-/m1/s1. The number of allylic oxidation sites excluding steroid dienone is 2. The van der Waals surface area contributed by atoms with E-state index in [-0.39, 0.29) is 11.7 Å². The van der Waals surface area contributed by atoms with Gasteiger partial charge in [0.1, 0.15) is 23.5 Å². The van der Waals surface area contributed by atoms with Crippen molar-refractivity contribution in [2.24, 2.45) is 0 Å². The third-order valence-corrected chi connectivity index (χ3v) is 6.21. The molecule has 5 nitrogen and oxygen atoms in total. The molecule has 0 bridgehead atoms. The number of benzene rings is 1. The van der Waals surface area contributed by atoms with Gasteiger partial charge in [-0.2, -0.15) is 10.1 Å². The molecule has 3 aromatic rings. The van der Waals surface area contributed by atoms with Crippen molar-refractivity contribution in [3.8, 4) is 0 Å². The zero-order valence-corrected chi connectivity index (χ0v) is 15.8. The average molecular weight is 398 g/mol. The number of carbonyl (C=O) groups excluding carboxylic acids is 1. The number of hydrogen-bond donors (Lipinski definition) is 1. The molecule has 0 spiro atoms. The van der Waals surface area contributed by atoms with E-state index < -0.39 is 17.7 Å². The van der Waals surface area contributed by atoms with Crippen LogP contribution in [0.1, 0.15) is 41.1 Å². The second-order valence-electron chi connectivity index (χ2n) is 7.09. The highest BCUT2D eigenvalue weighted by Crippen LogP contribution is 2.44. The summed E-state index contributed by atoms with van der Waals surface area (Å²) in [7, 11) is 0. The van der Waals surface area contributed by atoms with Crippen LogP contribution in [0.3, 0.4) is 0 Å². The van der Waals surface area contributed by atoms with E-state index in [0.29, 0.717) is 35.8 Å². The predicted octanol–water partition coefficient (Wildman–Crippen LogP) is 4.34. The number of aromatic nitrogens is 3. The smallest absolute Gasteiger partial charge is 0.226 e.